The lowest BCUT2D eigenvalue weighted by Crippen LogP contribution is -2.49. The quantitative estimate of drug-likeness (QED) is 0.509. The van der Waals surface area contributed by atoms with Crippen molar-refractivity contribution in [2.75, 3.05) is 49.5 Å². The first kappa shape index (κ1) is 26.3. The van der Waals surface area contributed by atoms with E-state index < -0.39 is 0 Å². The number of carbonyl (C=O) groups is 1. The lowest BCUT2D eigenvalue weighted by molar-refractivity contribution is 0.0746. The van der Waals surface area contributed by atoms with Crippen LogP contribution in [0.2, 0.25) is 0 Å². The van der Waals surface area contributed by atoms with Gasteiger partial charge in [-0.2, -0.15) is 10.5 Å². The summed E-state index contributed by atoms with van der Waals surface area (Å²) in [5.74, 6) is 0.0797. The van der Waals surface area contributed by atoms with Gasteiger partial charge in [-0.05, 0) is 67.3 Å². The molecule has 2 aliphatic rings. The zero-order valence-electron chi connectivity index (χ0n) is 22.7. The van der Waals surface area contributed by atoms with E-state index >= 15 is 0 Å². The molecule has 39 heavy (non-hydrogen) atoms. The Kier molecular flexibility index (Phi) is 7.81. The average molecular weight is 519 g/mol. The van der Waals surface area contributed by atoms with Gasteiger partial charge in [0.05, 0.1) is 22.5 Å². The topological polar surface area (TPSA) is 86.4 Å². The van der Waals surface area contributed by atoms with E-state index in [9.17, 15) is 15.3 Å². The van der Waals surface area contributed by atoms with E-state index in [-0.39, 0.29) is 11.9 Å². The number of likely N-dealkylation sites (tertiary alicyclic amines) is 1. The molecule has 1 N–H and O–H groups in total. The molecular weight excluding hydrogens is 484 g/mol. The number of piperazine rings is 1. The largest absolute Gasteiger partial charge is 0.380 e. The van der Waals surface area contributed by atoms with Gasteiger partial charge in [-0.15, -0.1) is 0 Å². The first-order chi connectivity index (χ1) is 19.0. The SMILES string of the molecule is Cc1cc(C)c(C(=O)N2CCN(c3ccccc3C#N)CC2)cc1CN1CC[C@H](Nc2ccccc2C#N)C1. The monoisotopic (exact) mass is 518 g/mol. The maximum Gasteiger partial charge on any atom is 0.254 e. The van der Waals surface area contributed by atoms with Crippen LogP contribution in [0.4, 0.5) is 11.4 Å². The predicted molar refractivity (Wildman–Crippen MR) is 154 cm³/mol. The number of nitrogens with zero attached hydrogens (tertiary/aromatic N) is 5. The Morgan fingerprint density at radius 3 is 2.33 bits per heavy atom. The van der Waals surface area contributed by atoms with Crippen LogP contribution in [0.5, 0.6) is 0 Å². The number of carbonyl (C=O) groups excluding carboxylic acids is 1. The molecule has 0 radical (unpaired) electrons. The summed E-state index contributed by atoms with van der Waals surface area (Å²) in [4.78, 5) is 20.2. The van der Waals surface area contributed by atoms with Crippen LogP contribution in [0, 0.1) is 36.5 Å². The second-order valence-electron chi connectivity index (χ2n) is 10.5. The molecule has 0 aromatic heterocycles. The molecule has 2 heterocycles. The lowest BCUT2D eigenvalue weighted by Gasteiger charge is -2.36. The van der Waals surface area contributed by atoms with Gasteiger partial charge in [-0.25, -0.2) is 0 Å². The number of nitriles is 2. The first-order valence-corrected chi connectivity index (χ1v) is 13.6. The fourth-order valence-electron chi connectivity index (χ4n) is 5.72. The van der Waals surface area contributed by atoms with E-state index in [0.29, 0.717) is 37.3 Å². The molecule has 0 spiro atoms. The third kappa shape index (κ3) is 5.74. The first-order valence-electron chi connectivity index (χ1n) is 13.6. The minimum absolute atomic E-state index is 0.0797. The van der Waals surface area contributed by atoms with Crippen molar-refractivity contribution in [2.45, 2.75) is 32.9 Å². The van der Waals surface area contributed by atoms with Gasteiger partial charge in [0.2, 0.25) is 0 Å². The van der Waals surface area contributed by atoms with Crippen molar-refractivity contribution in [2.24, 2.45) is 0 Å². The van der Waals surface area contributed by atoms with Crippen LogP contribution >= 0.6 is 0 Å². The van der Waals surface area contributed by atoms with Crippen molar-refractivity contribution < 1.29 is 4.79 Å². The molecule has 0 unspecified atom stereocenters. The molecule has 3 aromatic carbocycles. The van der Waals surface area contributed by atoms with Gasteiger partial charge in [0.1, 0.15) is 12.1 Å². The maximum absolute atomic E-state index is 13.6. The molecule has 0 aliphatic carbocycles. The van der Waals surface area contributed by atoms with Gasteiger partial charge in [-0.1, -0.05) is 30.3 Å². The summed E-state index contributed by atoms with van der Waals surface area (Å²) in [6, 6.07) is 24.4. The molecule has 2 saturated heterocycles. The third-order valence-electron chi connectivity index (χ3n) is 7.92. The van der Waals surface area contributed by atoms with Crippen LogP contribution in [0.15, 0.2) is 60.7 Å². The number of hydrogen-bond acceptors (Lipinski definition) is 6. The molecular formula is C32H34N6O. The smallest absolute Gasteiger partial charge is 0.254 e. The molecule has 0 bridgehead atoms. The Morgan fingerprint density at radius 1 is 0.897 bits per heavy atom. The number of benzene rings is 3. The fraction of sp³-hybridized carbons (Fsp3) is 0.344. The predicted octanol–water partition coefficient (Wildman–Crippen LogP) is 4.70. The summed E-state index contributed by atoms with van der Waals surface area (Å²) < 4.78 is 0. The second kappa shape index (κ2) is 11.6. The summed E-state index contributed by atoms with van der Waals surface area (Å²) >= 11 is 0. The third-order valence-corrected chi connectivity index (χ3v) is 7.92. The zero-order chi connectivity index (χ0) is 27.4. The number of hydrogen-bond donors (Lipinski definition) is 1. The minimum atomic E-state index is 0.0797. The van der Waals surface area contributed by atoms with Crippen LogP contribution in [0.3, 0.4) is 0 Å². The van der Waals surface area contributed by atoms with E-state index in [2.05, 4.69) is 46.3 Å². The Balaban J connectivity index is 1.23. The van der Waals surface area contributed by atoms with Gasteiger partial charge in [0.15, 0.2) is 0 Å². The van der Waals surface area contributed by atoms with E-state index in [1.54, 1.807) is 0 Å². The Bertz CT molecular complexity index is 1440. The van der Waals surface area contributed by atoms with Crippen molar-refractivity contribution in [1.82, 2.24) is 9.80 Å². The maximum atomic E-state index is 13.6. The van der Waals surface area contributed by atoms with E-state index in [0.717, 1.165) is 48.6 Å². The molecule has 5 rings (SSSR count). The van der Waals surface area contributed by atoms with Crippen LogP contribution in [-0.4, -0.2) is 61.0 Å². The number of nitrogens with one attached hydrogen (secondary N) is 1. The van der Waals surface area contributed by atoms with Gasteiger partial charge in [-0.3, -0.25) is 9.69 Å². The molecule has 1 amide bonds. The van der Waals surface area contributed by atoms with Crippen LogP contribution in [0.1, 0.15) is 44.6 Å². The van der Waals surface area contributed by atoms with Crippen molar-refractivity contribution in [1.29, 1.82) is 10.5 Å². The highest BCUT2D eigenvalue weighted by molar-refractivity contribution is 5.96. The minimum Gasteiger partial charge on any atom is -0.380 e. The van der Waals surface area contributed by atoms with Crippen molar-refractivity contribution in [3.63, 3.8) is 0 Å². The Morgan fingerprint density at radius 2 is 1.59 bits per heavy atom. The van der Waals surface area contributed by atoms with Crippen LogP contribution in [-0.2, 0) is 6.54 Å². The van der Waals surface area contributed by atoms with Crippen molar-refractivity contribution >= 4 is 17.3 Å². The summed E-state index contributed by atoms with van der Waals surface area (Å²) in [6.45, 7) is 9.47. The van der Waals surface area contributed by atoms with Crippen LogP contribution in [0.25, 0.3) is 0 Å². The summed E-state index contributed by atoms with van der Waals surface area (Å²) in [5, 5.41) is 22.4. The Hall–Kier alpha value is -4.33. The molecule has 198 valence electrons. The number of amides is 1. The molecule has 2 fully saturated rings. The van der Waals surface area contributed by atoms with Crippen LogP contribution < -0.4 is 10.2 Å². The van der Waals surface area contributed by atoms with Crippen molar-refractivity contribution in [3.8, 4) is 12.1 Å². The summed E-state index contributed by atoms with van der Waals surface area (Å²) in [5.41, 5.74) is 7.34. The molecule has 2 aliphatic heterocycles. The fourth-order valence-corrected chi connectivity index (χ4v) is 5.72. The molecule has 3 aromatic rings. The van der Waals surface area contributed by atoms with E-state index in [1.165, 1.54) is 11.1 Å². The Labute approximate surface area is 230 Å². The highest BCUT2D eigenvalue weighted by atomic mass is 16.2. The average Bonchev–Trinajstić information content (AvgIpc) is 3.41. The highest BCUT2D eigenvalue weighted by Gasteiger charge is 2.27. The zero-order valence-corrected chi connectivity index (χ0v) is 22.7. The number of anilines is 2. The summed E-state index contributed by atoms with van der Waals surface area (Å²) in [7, 11) is 0. The standard InChI is InChI=1S/C32H34N6O/c1-23-17-24(2)29(32(39)38-15-13-37(14-16-38)31-10-6-4-8-26(31)20-34)18-27(23)21-36-12-11-28(22-36)35-30-9-5-3-7-25(30)19-33/h3-10,17-18,28,35H,11-16,21-22H2,1-2H3/t28-/m0/s1. The number of para-hydroxylation sites is 2. The molecule has 1 atom stereocenters. The number of rotatable bonds is 6. The van der Waals surface area contributed by atoms with Gasteiger partial charge >= 0.3 is 0 Å². The van der Waals surface area contributed by atoms with Gasteiger partial charge in [0, 0.05) is 57.4 Å². The lowest BCUT2D eigenvalue weighted by atomic mass is 9.98. The van der Waals surface area contributed by atoms with Gasteiger partial charge in [0.25, 0.3) is 5.91 Å². The number of aryl methyl sites for hydroxylation is 2. The summed E-state index contributed by atoms with van der Waals surface area (Å²) in [6.07, 6.45) is 1.01. The molecule has 0 saturated carbocycles. The normalized spacial score (nSPS) is 17.5. The molecule has 7 nitrogen and oxygen atoms in total. The van der Waals surface area contributed by atoms with Crippen molar-refractivity contribution in [3.05, 3.63) is 94.0 Å². The van der Waals surface area contributed by atoms with E-state index in [4.69, 9.17) is 0 Å². The molecule has 7 heteroatoms. The second-order valence-corrected chi connectivity index (χ2v) is 10.5. The van der Waals surface area contributed by atoms with Gasteiger partial charge < -0.3 is 15.1 Å². The van der Waals surface area contributed by atoms with E-state index in [1.807, 2.05) is 60.4 Å². The highest BCUT2D eigenvalue weighted by Crippen LogP contribution is 2.25.